The number of Topliss-reactive ketones (excluding diaryl/α,β-unsaturated/α-hetero) is 1. The topological polar surface area (TPSA) is 43.1 Å². The summed E-state index contributed by atoms with van der Waals surface area (Å²) in [5, 5.41) is 0. The molecule has 0 fully saturated rings. The van der Waals surface area contributed by atoms with E-state index in [9.17, 15) is 9.18 Å². The van der Waals surface area contributed by atoms with Gasteiger partial charge in [-0.3, -0.25) is 4.79 Å². The van der Waals surface area contributed by atoms with Crippen LogP contribution in [-0.4, -0.2) is 5.78 Å². The maximum absolute atomic E-state index is 13.1. The Morgan fingerprint density at radius 1 is 1.26 bits per heavy atom. The number of aryl methyl sites for hydroxylation is 1. The Morgan fingerprint density at radius 3 is 2.68 bits per heavy atom. The van der Waals surface area contributed by atoms with Crippen molar-refractivity contribution in [3.8, 4) is 0 Å². The first-order chi connectivity index (χ1) is 8.97. The van der Waals surface area contributed by atoms with Gasteiger partial charge in [-0.1, -0.05) is 17.7 Å². The standard InChI is InChI=1S/C15H13BrFNO/c1-9-2-5-14(18)11(6-9)15(19)8-10-3-4-13(17)12(16)7-10/h2-7H,8,18H2,1H3. The zero-order valence-electron chi connectivity index (χ0n) is 10.4. The van der Waals surface area contributed by atoms with E-state index in [4.69, 9.17) is 5.73 Å². The van der Waals surface area contributed by atoms with Crippen molar-refractivity contribution in [2.24, 2.45) is 0 Å². The van der Waals surface area contributed by atoms with Crippen LogP contribution in [0.4, 0.5) is 10.1 Å². The molecular weight excluding hydrogens is 309 g/mol. The first kappa shape index (κ1) is 13.7. The minimum atomic E-state index is -0.341. The Labute approximate surface area is 119 Å². The van der Waals surface area contributed by atoms with Crippen LogP contribution in [-0.2, 0) is 6.42 Å². The van der Waals surface area contributed by atoms with E-state index in [-0.39, 0.29) is 18.0 Å². The molecule has 98 valence electrons. The summed E-state index contributed by atoms with van der Waals surface area (Å²) in [6.07, 6.45) is 0.201. The number of nitrogen functional groups attached to an aromatic ring is 1. The van der Waals surface area contributed by atoms with Crippen molar-refractivity contribution in [1.82, 2.24) is 0 Å². The van der Waals surface area contributed by atoms with Gasteiger partial charge in [-0.15, -0.1) is 0 Å². The molecule has 2 nitrogen and oxygen atoms in total. The van der Waals surface area contributed by atoms with Crippen LogP contribution >= 0.6 is 15.9 Å². The summed E-state index contributed by atoms with van der Waals surface area (Å²) in [5.41, 5.74) is 8.52. The van der Waals surface area contributed by atoms with Gasteiger partial charge in [-0.05, 0) is 52.7 Å². The van der Waals surface area contributed by atoms with Crippen molar-refractivity contribution in [3.63, 3.8) is 0 Å². The van der Waals surface area contributed by atoms with Gasteiger partial charge in [0.15, 0.2) is 5.78 Å². The molecular formula is C15H13BrFNO. The smallest absolute Gasteiger partial charge is 0.169 e. The van der Waals surface area contributed by atoms with Crippen molar-refractivity contribution >= 4 is 27.4 Å². The van der Waals surface area contributed by atoms with Gasteiger partial charge in [-0.2, -0.15) is 0 Å². The van der Waals surface area contributed by atoms with E-state index in [0.717, 1.165) is 11.1 Å². The molecule has 0 saturated heterocycles. The summed E-state index contributed by atoms with van der Waals surface area (Å²) in [5.74, 6) is -0.411. The van der Waals surface area contributed by atoms with Crippen LogP contribution in [0.3, 0.4) is 0 Å². The summed E-state index contributed by atoms with van der Waals surface area (Å²) in [7, 11) is 0. The van der Waals surface area contributed by atoms with Crippen molar-refractivity contribution in [2.45, 2.75) is 13.3 Å². The van der Waals surface area contributed by atoms with Gasteiger partial charge in [0.25, 0.3) is 0 Å². The highest BCUT2D eigenvalue weighted by Crippen LogP contribution is 2.20. The number of hydrogen-bond acceptors (Lipinski definition) is 2. The molecule has 0 unspecified atom stereocenters. The van der Waals surface area contributed by atoms with Crippen LogP contribution in [0.5, 0.6) is 0 Å². The third kappa shape index (κ3) is 3.20. The largest absolute Gasteiger partial charge is 0.398 e. The van der Waals surface area contributed by atoms with E-state index in [1.165, 1.54) is 6.07 Å². The molecule has 0 atom stereocenters. The molecule has 0 radical (unpaired) electrons. The average Bonchev–Trinajstić information content (AvgIpc) is 2.36. The molecule has 4 heteroatoms. The normalized spacial score (nSPS) is 10.5. The molecule has 0 saturated carbocycles. The Morgan fingerprint density at radius 2 is 2.00 bits per heavy atom. The van der Waals surface area contributed by atoms with E-state index in [2.05, 4.69) is 15.9 Å². The number of anilines is 1. The lowest BCUT2D eigenvalue weighted by Crippen LogP contribution is -2.07. The number of hydrogen-bond donors (Lipinski definition) is 1. The summed E-state index contributed by atoms with van der Waals surface area (Å²) < 4.78 is 13.5. The highest BCUT2D eigenvalue weighted by molar-refractivity contribution is 9.10. The first-order valence-corrected chi connectivity index (χ1v) is 6.60. The first-order valence-electron chi connectivity index (χ1n) is 5.80. The molecule has 19 heavy (non-hydrogen) atoms. The highest BCUT2D eigenvalue weighted by Gasteiger charge is 2.11. The van der Waals surface area contributed by atoms with Crippen molar-refractivity contribution in [2.75, 3.05) is 5.73 Å². The molecule has 0 bridgehead atoms. The zero-order valence-corrected chi connectivity index (χ0v) is 12.0. The van der Waals surface area contributed by atoms with E-state index in [0.29, 0.717) is 15.7 Å². The number of rotatable bonds is 3. The Bertz CT molecular complexity index is 640. The fraction of sp³-hybridized carbons (Fsp3) is 0.133. The zero-order chi connectivity index (χ0) is 14.0. The minimum absolute atomic E-state index is 0.0697. The lowest BCUT2D eigenvalue weighted by Gasteiger charge is -2.07. The summed E-state index contributed by atoms with van der Waals surface area (Å²) in [6.45, 7) is 1.91. The molecule has 2 aromatic rings. The lowest BCUT2D eigenvalue weighted by molar-refractivity contribution is 0.0993. The summed E-state index contributed by atoms with van der Waals surface area (Å²) in [6, 6.07) is 9.91. The number of carbonyl (C=O) groups excluding carboxylic acids is 1. The van der Waals surface area contributed by atoms with E-state index in [1.807, 2.05) is 13.0 Å². The number of ketones is 1. The fourth-order valence-corrected chi connectivity index (χ4v) is 2.27. The van der Waals surface area contributed by atoms with Gasteiger partial charge in [0.2, 0.25) is 0 Å². The van der Waals surface area contributed by atoms with Crippen molar-refractivity contribution in [3.05, 3.63) is 63.4 Å². The van der Waals surface area contributed by atoms with Crippen LogP contribution < -0.4 is 5.73 Å². The molecule has 2 aromatic carbocycles. The van der Waals surface area contributed by atoms with Gasteiger partial charge in [-0.25, -0.2) is 4.39 Å². The number of nitrogens with two attached hydrogens (primary N) is 1. The molecule has 0 heterocycles. The summed E-state index contributed by atoms with van der Waals surface area (Å²) >= 11 is 3.11. The van der Waals surface area contributed by atoms with Gasteiger partial charge in [0.05, 0.1) is 4.47 Å². The molecule has 0 aromatic heterocycles. The second kappa shape index (κ2) is 5.53. The Hall–Kier alpha value is -1.68. The SMILES string of the molecule is Cc1ccc(N)c(C(=O)Cc2ccc(F)c(Br)c2)c1. The van der Waals surface area contributed by atoms with Gasteiger partial charge in [0.1, 0.15) is 5.82 Å². The third-order valence-corrected chi connectivity index (χ3v) is 3.47. The van der Waals surface area contributed by atoms with Crippen LogP contribution in [0, 0.1) is 12.7 Å². The average molecular weight is 322 g/mol. The van der Waals surface area contributed by atoms with Crippen LogP contribution in [0.15, 0.2) is 40.9 Å². The predicted molar refractivity (Wildman–Crippen MR) is 77.7 cm³/mol. The maximum Gasteiger partial charge on any atom is 0.169 e. The Balaban J connectivity index is 2.25. The molecule has 0 spiro atoms. The molecule has 0 aliphatic heterocycles. The van der Waals surface area contributed by atoms with Gasteiger partial charge < -0.3 is 5.73 Å². The number of halogens is 2. The number of benzene rings is 2. The third-order valence-electron chi connectivity index (χ3n) is 2.86. The van der Waals surface area contributed by atoms with Crippen molar-refractivity contribution < 1.29 is 9.18 Å². The van der Waals surface area contributed by atoms with Crippen LogP contribution in [0.2, 0.25) is 0 Å². The molecule has 2 rings (SSSR count). The van der Waals surface area contributed by atoms with Gasteiger partial charge in [0, 0.05) is 17.7 Å². The van der Waals surface area contributed by atoms with Crippen LogP contribution in [0.1, 0.15) is 21.5 Å². The van der Waals surface area contributed by atoms with E-state index < -0.39 is 0 Å². The predicted octanol–water partition coefficient (Wildman–Crippen LogP) is 3.90. The lowest BCUT2D eigenvalue weighted by atomic mass is 10.00. The minimum Gasteiger partial charge on any atom is -0.398 e. The second-order valence-corrected chi connectivity index (χ2v) is 5.29. The molecule has 0 aliphatic carbocycles. The maximum atomic E-state index is 13.1. The molecule has 0 amide bonds. The van der Waals surface area contributed by atoms with Crippen molar-refractivity contribution in [1.29, 1.82) is 0 Å². The van der Waals surface area contributed by atoms with E-state index in [1.54, 1.807) is 24.3 Å². The quantitative estimate of drug-likeness (QED) is 0.688. The number of carbonyl (C=O) groups is 1. The molecule has 2 N–H and O–H groups in total. The van der Waals surface area contributed by atoms with Gasteiger partial charge >= 0.3 is 0 Å². The van der Waals surface area contributed by atoms with Crippen LogP contribution in [0.25, 0.3) is 0 Å². The van der Waals surface area contributed by atoms with E-state index >= 15 is 0 Å². The monoisotopic (exact) mass is 321 g/mol. The highest BCUT2D eigenvalue weighted by atomic mass is 79.9. The summed E-state index contributed by atoms with van der Waals surface area (Å²) in [4.78, 5) is 12.2. The molecule has 0 aliphatic rings. The second-order valence-electron chi connectivity index (χ2n) is 4.44. The fourth-order valence-electron chi connectivity index (χ4n) is 1.84. The Kier molecular flexibility index (Phi) is 4.00.